The lowest BCUT2D eigenvalue weighted by Gasteiger charge is -2.30. The molecule has 1 amide bonds. The van der Waals surface area contributed by atoms with E-state index < -0.39 is 10.0 Å². The van der Waals surface area contributed by atoms with Crippen LogP contribution in [-0.4, -0.2) is 32.4 Å². The van der Waals surface area contributed by atoms with E-state index in [1.807, 2.05) is 4.90 Å². The topological polar surface area (TPSA) is 91.4 Å². The van der Waals surface area contributed by atoms with Crippen molar-refractivity contribution in [3.05, 3.63) is 65.4 Å². The van der Waals surface area contributed by atoms with Crippen molar-refractivity contribution in [2.45, 2.75) is 17.7 Å². The first kappa shape index (κ1) is 20.3. The average molecular weight is 447 g/mol. The Balaban J connectivity index is 1.40. The van der Waals surface area contributed by atoms with Gasteiger partial charge in [0.25, 0.3) is 10.0 Å². The zero-order chi connectivity index (χ0) is 21.1. The first-order valence-electron chi connectivity index (χ1n) is 9.26. The van der Waals surface area contributed by atoms with Crippen molar-refractivity contribution < 1.29 is 17.6 Å². The van der Waals surface area contributed by atoms with Crippen LogP contribution in [0, 0.1) is 5.82 Å². The number of carbonyl (C=O) groups is 1. The summed E-state index contributed by atoms with van der Waals surface area (Å²) in [6.45, 7) is 0.843. The molecule has 1 aliphatic heterocycles. The molecule has 10 heteroatoms. The first-order chi connectivity index (χ1) is 14.4. The molecular formula is C20H19FN4O3S2. The summed E-state index contributed by atoms with van der Waals surface area (Å²) in [5.74, 6) is -0.511. The van der Waals surface area contributed by atoms with Crippen molar-refractivity contribution in [3.8, 4) is 0 Å². The van der Waals surface area contributed by atoms with Crippen LogP contribution in [0.25, 0.3) is 0 Å². The number of hydrogen-bond donors (Lipinski definition) is 2. The van der Waals surface area contributed by atoms with E-state index in [-0.39, 0.29) is 28.3 Å². The minimum absolute atomic E-state index is 0.0719. The standard InChI is InChI=1S/C20H19FN4O3S2/c21-15-3-8-18-14(12-15)2-1-10-25(18)13-19(26)23-16-4-6-17(7-5-16)30(27,28)24-20-22-9-11-29-20/h3-9,11-12H,1-2,10,13H2,(H,22,24)(H,23,26). The van der Waals surface area contributed by atoms with Crippen molar-refractivity contribution in [2.24, 2.45) is 0 Å². The van der Waals surface area contributed by atoms with Crippen LogP contribution in [0.2, 0.25) is 0 Å². The molecule has 0 radical (unpaired) electrons. The highest BCUT2D eigenvalue weighted by atomic mass is 32.2. The van der Waals surface area contributed by atoms with Gasteiger partial charge in [0.1, 0.15) is 5.82 Å². The second-order valence-corrected chi connectivity index (χ2v) is 9.39. The number of nitrogens with zero attached hydrogens (tertiary/aromatic N) is 2. The molecule has 0 unspecified atom stereocenters. The van der Waals surface area contributed by atoms with Gasteiger partial charge in [-0.1, -0.05) is 0 Å². The fraction of sp³-hybridized carbons (Fsp3) is 0.200. The molecule has 30 heavy (non-hydrogen) atoms. The maximum atomic E-state index is 13.4. The molecule has 1 aromatic heterocycles. The largest absolute Gasteiger partial charge is 0.362 e. The molecular weight excluding hydrogens is 427 g/mol. The van der Waals surface area contributed by atoms with Gasteiger partial charge in [-0.2, -0.15) is 0 Å². The number of amides is 1. The molecule has 4 rings (SSSR count). The number of halogens is 1. The summed E-state index contributed by atoms with van der Waals surface area (Å²) in [5.41, 5.74) is 2.26. The smallest absolute Gasteiger partial charge is 0.263 e. The Bertz CT molecular complexity index is 1150. The second kappa shape index (κ2) is 8.41. The van der Waals surface area contributed by atoms with Crippen molar-refractivity contribution >= 4 is 43.8 Å². The van der Waals surface area contributed by atoms with Gasteiger partial charge in [-0.25, -0.2) is 17.8 Å². The Labute approximate surface area is 177 Å². The molecule has 0 saturated heterocycles. The van der Waals surface area contributed by atoms with E-state index in [0.717, 1.165) is 24.1 Å². The van der Waals surface area contributed by atoms with Crippen molar-refractivity contribution in [3.63, 3.8) is 0 Å². The predicted octanol–water partition coefficient (Wildman–Crippen LogP) is 3.47. The minimum atomic E-state index is -3.74. The third kappa shape index (κ3) is 4.60. The lowest BCUT2D eigenvalue weighted by Crippen LogP contribution is -2.36. The van der Waals surface area contributed by atoms with E-state index in [4.69, 9.17) is 0 Å². The average Bonchev–Trinajstić information content (AvgIpc) is 3.20. The molecule has 1 aliphatic rings. The SMILES string of the molecule is O=C(CN1CCCc2cc(F)ccc21)Nc1ccc(S(=O)(=O)Nc2nccs2)cc1. The summed E-state index contributed by atoms with van der Waals surface area (Å²) in [4.78, 5) is 18.4. The molecule has 0 saturated carbocycles. The highest BCUT2D eigenvalue weighted by molar-refractivity contribution is 7.93. The van der Waals surface area contributed by atoms with Crippen LogP contribution in [0.3, 0.4) is 0 Å². The van der Waals surface area contributed by atoms with Crippen molar-refractivity contribution in [1.29, 1.82) is 0 Å². The Morgan fingerprint density at radius 2 is 2.00 bits per heavy atom. The number of aromatic nitrogens is 1. The number of rotatable bonds is 6. The normalized spacial score (nSPS) is 13.6. The molecule has 0 atom stereocenters. The summed E-state index contributed by atoms with van der Waals surface area (Å²) in [6, 6.07) is 10.5. The van der Waals surface area contributed by atoms with Crippen LogP contribution in [0.4, 0.5) is 20.9 Å². The highest BCUT2D eigenvalue weighted by Crippen LogP contribution is 2.27. The molecule has 0 aliphatic carbocycles. The van der Waals surface area contributed by atoms with Gasteiger partial charge in [-0.05, 0) is 60.9 Å². The fourth-order valence-corrected chi connectivity index (χ4v) is 5.14. The van der Waals surface area contributed by atoms with Gasteiger partial charge >= 0.3 is 0 Å². The van der Waals surface area contributed by atoms with Crippen LogP contribution in [0.5, 0.6) is 0 Å². The maximum Gasteiger partial charge on any atom is 0.263 e. The number of nitrogens with one attached hydrogen (secondary N) is 2. The molecule has 2 aromatic carbocycles. The number of thiazole rings is 1. The molecule has 156 valence electrons. The molecule has 3 aromatic rings. The minimum Gasteiger partial charge on any atom is -0.362 e. The van der Waals surface area contributed by atoms with Crippen LogP contribution in [0.15, 0.2) is 58.9 Å². The van der Waals surface area contributed by atoms with E-state index in [0.29, 0.717) is 12.2 Å². The van der Waals surface area contributed by atoms with E-state index in [9.17, 15) is 17.6 Å². The first-order valence-corrected chi connectivity index (χ1v) is 11.6. The fourth-order valence-electron chi connectivity index (χ4n) is 3.35. The van der Waals surface area contributed by atoms with E-state index in [1.165, 1.54) is 53.9 Å². The second-order valence-electron chi connectivity index (χ2n) is 6.81. The number of hydrogen-bond acceptors (Lipinski definition) is 6. The highest BCUT2D eigenvalue weighted by Gasteiger charge is 2.20. The van der Waals surface area contributed by atoms with Gasteiger partial charge in [0.2, 0.25) is 5.91 Å². The summed E-state index contributed by atoms with van der Waals surface area (Å²) in [7, 11) is -3.74. The maximum absolute atomic E-state index is 13.4. The summed E-state index contributed by atoms with van der Waals surface area (Å²) in [5, 5.41) is 4.74. The van der Waals surface area contributed by atoms with Gasteiger partial charge in [0, 0.05) is 29.5 Å². The predicted molar refractivity (Wildman–Crippen MR) is 115 cm³/mol. The lowest BCUT2D eigenvalue weighted by atomic mass is 10.0. The summed E-state index contributed by atoms with van der Waals surface area (Å²) >= 11 is 1.18. The molecule has 2 N–H and O–H groups in total. The third-order valence-corrected chi connectivity index (χ3v) is 6.87. The summed E-state index contributed by atoms with van der Waals surface area (Å²) in [6.07, 6.45) is 3.15. The van der Waals surface area contributed by atoms with Gasteiger partial charge in [-0.15, -0.1) is 11.3 Å². The van der Waals surface area contributed by atoms with E-state index in [1.54, 1.807) is 11.4 Å². The van der Waals surface area contributed by atoms with Crippen LogP contribution >= 0.6 is 11.3 Å². The van der Waals surface area contributed by atoms with E-state index >= 15 is 0 Å². The number of aryl methyl sites for hydroxylation is 1. The Morgan fingerprint density at radius 3 is 2.73 bits per heavy atom. The van der Waals surface area contributed by atoms with Crippen LogP contribution in [0.1, 0.15) is 12.0 Å². The number of fused-ring (bicyclic) bond motifs is 1. The van der Waals surface area contributed by atoms with Gasteiger partial charge in [0.05, 0.1) is 11.4 Å². The number of sulfonamides is 1. The summed E-state index contributed by atoms with van der Waals surface area (Å²) < 4.78 is 40.6. The van der Waals surface area contributed by atoms with Crippen molar-refractivity contribution in [1.82, 2.24) is 4.98 Å². The van der Waals surface area contributed by atoms with Gasteiger partial charge in [0.15, 0.2) is 5.13 Å². The van der Waals surface area contributed by atoms with Gasteiger partial charge in [-0.3, -0.25) is 9.52 Å². The molecule has 0 spiro atoms. The molecule has 2 heterocycles. The van der Waals surface area contributed by atoms with Crippen LogP contribution in [-0.2, 0) is 21.2 Å². The van der Waals surface area contributed by atoms with Crippen LogP contribution < -0.4 is 14.9 Å². The lowest BCUT2D eigenvalue weighted by molar-refractivity contribution is -0.115. The van der Waals surface area contributed by atoms with Crippen molar-refractivity contribution in [2.75, 3.05) is 28.0 Å². The number of benzene rings is 2. The zero-order valence-electron chi connectivity index (χ0n) is 15.8. The van der Waals surface area contributed by atoms with E-state index in [2.05, 4.69) is 15.0 Å². The third-order valence-electron chi connectivity index (χ3n) is 4.69. The Hall–Kier alpha value is -2.98. The molecule has 0 bridgehead atoms. The van der Waals surface area contributed by atoms with Gasteiger partial charge < -0.3 is 10.2 Å². The number of carbonyl (C=O) groups excluding carboxylic acids is 1. The zero-order valence-corrected chi connectivity index (χ0v) is 17.5. The molecule has 0 fully saturated rings. The Kier molecular flexibility index (Phi) is 5.69. The monoisotopic (exact) mass is 446 g/mol. The number of anilines is 3. The molecule has 7 nitrogen and oxygen atoms in total. The quantitative estimate of drug-likeness (QED) is 0.605. The Morgan fingerprint density at radius 1 is 1.20 bits per heavy atom.